The van der Waals surface area contributed by atoms with E-state index in [-0.39, 0.29) is 5.91 Å². The van der Waals surface area contributed by atoms with Gasteiger partial charge in [0.2, 0.25) is 0 Å². The van der Waals surface area contributed by atoms with Crippen molar-refractivity contribution >= 4 is 12.1 Å². The summed E-state index contributed by atoms with van der Waals surface area (Å²) in [5, 5.41) is 4.04. The van der Waals surface area contributed by atoms with Crippen LogP contribution in [-0.2, 0) is 6.61 Å². The van der Waals surface area contributed by atoms with Crippen molar-refractivity contribution in [3.8, 4) is 11.5 Å². The van der Waals surface area contributed by atoms with E-state index in [4.69, 9.17) is 9.47 Å². The number of rotatable bonds is 8. The second kappa shape index (κ2) is 10.1. The molecule has 0 spiro atoms. The molecule has 0 radical (unpaired) electrons. The first kappa shape index (κ1) is 20.1. The zero-order valence-electron chi connectivity index (χ0n) is 16.6. The molecule has 0 fully saturated rings. The monoisotopic (exact) mass is 388 g/mol. The van der Waals surface area contributed by atoms with Gasteiger partial charge in [-0.05, 0) is 55.3 Å². The second-order valence-corrected chi connectivity index (χ2v) is 6.48. The fourth-order valence-electron chi connectivity index (χ4n) is 2.66. The van der Waals surface area contributed by atoms with Crippen LogP contribution < -0.4 is 14.9 Å². The van der Waals surface area contributed by atoms with Gasteiger partial charge in [-0.3, -0.25) is 4.79 Å². The van der Waals surface area contributed by atoms with Gasteiger partial charge < -0.3 is 9.47 Å². The third kappa shape index (κ3) is 5.94. The van der Waals surface area contributed by atoms with Crippen LogP contribution in [0.2, 0.25) is 0 Å². The average molecular weight is 388 g/mol. The van der Waals surface area contributed by atoms with E-state index in [0.717, 1.165) is 16.7 Å². The Balaban J connectivity index is 1.64. The van der Waals surface area contributed by atoms with Crippen molar-refractivity contribution in [3.63, 3.8) is 0 Å². The van der Waals surface area contributed by atoms with Gasteiger partial charge in [-0.25, -0.2) is 5.43 Å². The summed E-state index contributed by atoms with van der Waals surface area (Å²) in [6, 6.07) is 22.8. The smallest absolute Gasteiger partial charge is 0.271 e. The van der Waals surface area contributed by atoms with E-state index in [1.807, 2.05) is 74.5 Å². The van der Waals surface area contributed by atoms with Crippen LogP contribution in [0.5, 0.6) is 11.5 Å². The standard InChI is InChI=1S/C24H24N2O3/c1-3-28-23-15-20(11-14-22(23)29-17-19-7-5-4-6-8-19)16-25-26-24(27)21-12-9-18(2)10-13-21/h4-16H,3,17H2,1-2H3,(H,26,27)/b25-16-. The largest absolute Gasteiger partial charge is 0.490 e. The van der Waals surface area contributed by atoms with Gasteiger partial charge in [-0.1, -0.05) is 48.0 Å². The lowest BCUT2D eigenvalue weighted by Gasteiger charge is -2.12. The highest BCUT2D eigenvalue weighted by Crippen LogP contribution is 2.28. The van der Waals surface area contributed by atoms with Crippen molar-refractivity contribution in [1.82, 2.24) is 5.43 Å². The van der Waals surface area contributed by atoms with Gasteiger partial charge in [0.25, 0.3) is 5.91 Å². The first-order valence-corrected chi connectivity index (χ1v) is 9.49. The van der Waals surface area contributed by atoms with Crippen molar-refractivity contribution < 1.29 is 14.3 Å². The number of hydrogen-bond acceptors (Lipinski definition) is 4. The third-order valence-electron chi connectivity index (χ3n) is 4.20. The summed E-state index contributed by atoms with van der Waals surface area (Å²) in [5.41, 5.74) is 6.08. The summed E-state index contributed by atoms with van der Waals surface area (Å²) in [4.78, 5) is 12.1. The van der Waals surface area contributed by atoms with Crippen LogP contribution in [0.1, 0.15) is 34.0 Å². The molecule has 3 aromatic rings. The first-order chi connectivity index (χ1) is 14.2. The zero-order chi connectivity index (χ0) is 20.5. The third-order valence-corrected chi connectivity index (χ3v) is 4.20. The van der Waals surface area contributed by atoms with Gasteiger partial charge in [0.15, 0.2) is 11.5 Å². The number of hydrogen-bond donors (Lipinski definition) is 1. The molecular formula is C24H24N2O3. The lowest BCUT2D eigenvalue weighted by atomic mass is 10.1. The van der Waals surface area contributed by atoms with Crippen molar-refractivity contribution in [3.05, 3.63) is 95.1 Å². The normalized spacial score (nSPS) is 10.7. The molecule has 1 amide bonds. The maximum atomic E-state index is 12.1. The molecule has 0 saturated heterocycles. The van der Waals surface area contributed by atoms with E-state index in [2.05, 4.69) is 10.5 Å². The maximum Gasteiger partial charge on any atom is 0.271 e. The summed E-state index contributed by atoms with van der Waals surface area (Å²) < 4.78 is 11.6. The Morgan fingerprint density at radius 1 is 0.966 bits per heavy atom. The van der Waals surface area contributed by atoms with Crippen LogP contribution >= 0.6 is 0 Å². The summed E-state index contributed by atoms with van der Waals surface area (Å²) in [6.45, 7) is 4.87. The Labute approximate surface area is 171 Å². The molecule has 29 heavy (non-hydrogen) atoms. The summed E-state index contributed by atoms with van der Waals surface area (Å²) in [5.74, 6) is 1.04. The number of benzene rings is 3. The first-order valence-electron chi connectivity index (χ1n) is 9.49. The molecule has 0 aliphatic carbocycles. The Bertz CT molecular complexity index is 967. The number of nitrogens with one attached hydrogen (secondary N) is 1. The summed E-state index contributed by atoms with van der Waals surface area (Å²) >= 11 is 0. The van der Waals surface area contributed by atoms with E-state index in [9.17, 15) is 4.79 Å². The molecule has 3 aromatic carbocycles. The molecular weight excluding hydrogens is 364 g/mol. The quantitative estimate of drug-likeness (QED) is 0.448. The number of aryl methyl sites for hydroxylation is 1. The predicted octanol–water partition coefficient (Wildman–Crippen LogP) is 4.74. The molecule has 0 saturated carbocycles. The Hall–Kier alpha value is -3.60. The molecule has 0 bridgehead atoms. The molecule has 5 heteroatoms. The molecule has 3 rings (SSSR count). The van der Waals surface area contributed by atoms with Crippen LogP contribution in [0.4, 0.5) is 0 Å². The number of carbonyl (C=O) groups excluding carboxylic acids is 1. The van der Waals surface area contributed by atoms with Crippen LogP contribution in [0.25, 0.3) is 0 Å². The average Bonchev–Trinajstić information content (AvgIpc) is 2.74. The Morgan fingerprint density at radius 2 is 1.72 bits per heavy atom. The SMILES string of the molecule is CCOc1cc(/C=N\NC(=O)c2ccc(C)cc2)ccc1OCc1ccccc1. The van der Waals surface area contributed by atoms with E-state index in [1.165, 1.54) is 0 Å². The summed E-state index contributed by atoms with van der Waals surface area (Å²) in [7, 11) is 0. The maximum absolute atomic E-state index is 12.1. The van der Waals surface area contributed by atoms with E-state index in [1.54, 1.807) is 18.3 Å². The van der Waals surface area contributed by atoms with Crippen molar-refractivity contribution in [2.45, 2.75) is 20.5 Å². The highest BCUT2D eigenvalue weighted by atomic mass is 16.5. The molecule has 0 aliphatic heterocycles. The van der Waals surface area contributed by atoms with E-state index >= 15 is 0 Å². The Kier molecular flexibility index (Phi) is 7.00. The fraction of sp³-hybridized carbons (Fsp3) is 0.167. The van der Waals surface area contributed by atoms with Gasteiger partial charge in [0.1, 0.15) is 6.61 Å². The molecule has 0 aromatic heterocycles. The van der Waals surface area contributed by atoms with E-state index in [0.29, 0.717) is 30.3 Å². The Morgan fingerprint density at radius 3 is 2.45 bits per heavy atom. The van der Waals surface area contributed by atoms with Gasteiger partial charge in [-0.15, -0.1) is 0 Å². The number of carbonyl (C=O) groups is 1. The molecule has 0 aliphatic rings. The van der Waals surface area contributed by atoms with Crippen molar-refractivity contribution in [2.24, 2.45) is 5.10 Å². The minimum atomic E-state index is -0.255. The van der Waals surface area contributed by atoms with Crippen molar-refractivity contribution in [1.29, 1.82) is 0 Å². The van der Waals surface area contributed by atoms with Crippen LogP contribution in [-0.4, -0.2) is 18.7 Å². The minimum Gasteiger partial charge on any atom is -0.490 e. The highest BCUT2D eigenvalue weighted by Gasteiger charge is 2.07. The van der Waals surface area contributed by atoms with Gasteiger partial charge >= 0.3 is 0 Å². The summed E-state index contributed by atoms with van der Waals surface area (Å²) in [6.07, 6.45) is 1.58. The number of hydrazone groups is 1. The molecule has 148 valence electrons. The zero-order valence-corrected chi connectivity index (χ0v) is 16.6. The second-order valence-electron chi connectivity index (χ2n) is 6.48. The van der Waals surface area contributed by atoms with Crippen LogP contribution in [0, 0.1) is 6.92 Å². The fourth-order valence-corrected chi connectivity index (χ4v) is 2.66. The molecule has 0 atom stereocenters. The number of amides is 1. The van der Waals surface area contributed by atoms with Gasteiger partial charge in [0, 0.05) is 5.56 Å². The molecule has 1 N–H and O–H groups in total. The predicted molar refractivity (Wildman–Crippen MR) is 115 cm³/mol. The number of ether oxygens (including phenoxy) is 2. The van der Waals surface area contributed by atoms with Crippen LogP contribution in [0.3, 0.4) is 0 Å². The van der Waals surface area contributed by atoms with Gasteiger partial charge in [0.05, 0.1) is 12.8 Å². The van der Waals surface area contributed by atoms with Gasteiger partial charge in [-0.2, -0.15) is 5.10 Å². The lowest BCUT2D eigenvalue weighted by Crippen LogP contribution is -2.17. The highest BCUT2D eigenvalue weighted by molar-refractivity contribution is 5.94. The minimum absolute atomic E-state index is 0.255. The topological polar surface area (TPSA) is 59.9 Å². The van der Waals surface area contributed by atoms with E-state index < -0.39 is 0 Å². The molecule has 0 heterocycles. The lowest BCUT2D eigenvalue weighted by molar-refractivity contribution is 0.0955. The van der Waals surface area contributed by atoms with Crippen molar-refractivity contribution in [2.75, 3.05) is 6.61 Å². The molecule has 5 nitrogen and oxygen atoms in total. The van der Waals surface area contributed by atoms with Crippen LogP contribution in [0.15, 0.2) is 77.9 Å². The number of nitrogens with zero attached hydrogens (tertiary/aromatic N) is 1. The molecule has 0 unspecified atom stereocenters.